The number of nitrogens with zero attached hydrogens (tertiary/aromatic N) is 1. The van der Waals surface area contributed by atoms with E-state index in [0.29, 0.717) is 25.7 Å². The van der Waals surface area contributed by atoms with Crippen molar-refractivity contribution in [2.75, 3.05) is 10.6 Å². The van der Waals surface area contributed by atoms with Crippen molar-refractivity contribution in [1.82, 2.24) is 4.98 Å². The summed E-state index contributed by atoms with van der Waals surface area (Å²) in [5, 5.41) is 8.90. The lowest BCUT2D eigenvalue weighted by Crippen LogP contribution is -2.10. The summed E-state index contributed by atoms with van der Waals surface area (Å²) in [5.74, 6) is -0.471. The van der Waals surface area contributed by atoms with E-state index in [4.69, 9.17) is 16.0 Å². The van der Waals surface area contributed by atoms with E-state index in [9.17, 15) is 9.59 Å². The molecule has 140 valence electrons. The standard InChI is InChI=1S/C19H12ClN3O3S2/c20-12-5-2-1-4-11(12)13-10-27-19(21-13)23-18(25)15-7-8-16(28-15)22-17(24)14-6-3-9-26-14/h1-10H,(H,22,24)(H,21,23,25). The third kappa shape index (κ3) is 3.99. The Hall–Kier alpha value is -2.94. The molecule has 9 heteroatoms. The van der Waals surface area contributed by atoms with Crippen LogP contribution in [0.2, 0.25) is 5.02 Å². The molecule has 3 heterocycles. The number of carbonyl (C=O) groups excluding carboxylic acids is 2. The van der Waals surface area contributed by atoms with Crippen molar-refractivity contribution >= 4 is 56.2 Å². The molecular weight excluding hydrogens is 418 g/mol. The number of rotatable bonds is 5. The van der Waals surface area contributed by atoms with E-state index in [0.717, 1.165) is 16.9 Å². The van der Waals surface area contributed by atoms with Gasteiger partial charge in [0.05, 0.1) is 21.8 Å². The predicted molar refractivity (Wildman–Crippen MR) is 111 cm³/mol. The molecular formula is C19H12ClN3O3S2. The van der Waals surface area contributed by atoms with Gasteiger partial charge in [0.25, 0.3) is 11.8 Å². The summed E-state index contributed by atoms with van der Waals surface area (Å²) >= 11 is 8.66. The van der Waals surface area contributed by atoms with Crippen LogP contribution in [0.25, 0.3) is 11.3 Å². The lowest BCUT2D eigenvalue weighted by atomic mass is 10.2. The molecule has 4 rings (SSSR count). The van der Waals surface area contributed by atoms with Crippen molar-refractivity contribution < 1.29 is 14.0 Å². The van der Waals surface area contributed by atoms with Crippen molar-refractivity contribution in [3.63, 3.8) is 0 Å². The number of thiophene rings is 1. The van der Waals surface area contributed by atoms with Crippen LogP contribution in [0.15, 0.2) is 64.6 Å². The number of nitrogens with one attached hydrogen (secondary N) is 2. The van der Waals surface area contributed by atoms with Crippen LogP contribution in [0.4, 0.5) is 10.1 Å². The molecule has 0 fully saturated rings. The minimum absolute atomic E-state index is 0.203. The highest BCUT2D eigenvalue weighted by atomic mass is 35.5. The summed E-state index contributed by atoms with van der Waals surface area (Å²) < 4.78 is 5.04. The average molecular weight is 430 g/mol. The van der Waals surface area contributed by atoms with Gasteiger partial charge in [-0.05, 0) is 30.3 Å². The summed E-state index contributed by atoms with van der Waals surface area (Å²) in [6, 6.07) is 13.9. The number of anilines is 2. The van der Waals surface area contributed by atoms with E-state index >= 15 is 0 Å². The molecule has 0 aliphatic rings. The molecule has 28 heavy (non-hydrogen) atoms. The molecule has 0 atom stereocenters. The van der Waals surface area contributed by atoms with Crippen LogP contribution in [0.3, 0.4) is 0 Å². The molecule has 1 aromatic carbocycles. The zero-order valence-corrected chi connectivity index (χ0v) is 16.5. The topological polar surface area (TPSA) is 84.2 Å². The van der Waals surface area contributed by atoms with Gasteiger partial charge >= 0.3 is 0 Å². The van der Waals surface area contributed by atoms with Crippen molar-refractivity contribution in [2.24, 2.45) is 0 Å². The van der Waals surface area contributed by atoms with Crippen LogP contribution in [0.5, 0.6) is 0 Å². The van der Waals surface area contributed by atoms with Gasteiger partial charge in [-0.2, -0.15) is 0 Å². The first-order valence-electron chi connectivity index (χ1n) is 8.06. The molecule has 6 nitrogen and oxygen atoms in total. The summed E-state index contributed by atoms with van der Waals surface area (Å²) in [6.45, 7) is 0. The average Bonchev–Trinajstić information content (AvgIpc) is 3.44. The quantitative estimate of drug-likeness (QED) is 0.431. The molecule has 0 radical (unpaired) electrons. The second-order valence-corrected chi connectivity index (χ2v) is 7.92. The number of amides is 2. The monoisotopic (exact) mass is 429 g/mol. The SMILES string of the molecule is O=C(Nc1ccc(C(=O)Nc2nc(-c3ccccc3Cl)cs2)s1)c1ccco1. The Balaban J connectivity index is 1.43. The van der Waals surface area contributed by atoms with E-state index < -0.39 is 0 Å². The fourth-order valence-corrected chi connectivity index (χ4v) is 4.13. The van der Waals surface area contributed by atoms with Crippen LogP contribution >= 0.6 is 34.3 Å². The molecule has 0 saturated carbocycles. The van der Waals surface area contributed by atoms with Gasteiger partial charge < -0.3 is 9.73 Å². The Bertz CT molecular complexity index is 1130. The van der Waals surface area contributed by atoms with Crippen LogP contribution in [-0.2, 0) is 0 Å². The van der Waals surface area contributed by atoms with Crippen molar-refractivity contribution in [3.05, 3.63) is 75.8 Å². The maximum Gasteiger partial charge on any atom is 0.291 e. The van der Waals surface area contributed by atoms with Crippen LogP contribution in [0, 0.1) is 0 Å². The van der Waals surface area contributed by atoms with E-state index in [-0.39, 0.29) is 17.6 Å². The lowest BCUT2D eigenvalue weighted by molar-refractivity contribution is 0.0995. The second-order valence-electron chi connectivity index (χ2n) is 5.57. The van der Waals surface area contributed by atoms with Crippen molar-refractivity contribution in [1.29, 1.82) is 0 Å². The van der Waals surface area contributed by atoms with Gasteiger partial charge in [-0.3, -0.25) is 14.9 Å². The largest absolute Gasteiger partial charge is 0.459 e. The Labute approximate surface area is 172 Å². The van der Waals surface area contributed by atoms with Gasteiger partial charge in [-0.25, -0.2) is 4.98 Å². The van der Waals surface area contributed by atoms with Crippen LogP contribution in [0.1, 0.15) is 20.2 Å². The summed E-state index contributed by atoms with van der Waals surface area (Å²) in [7, 11) is 0. The fraction of sp³-hybridized carbons (Fsp3) is 0. The number of hydrogen-bond acceptors (Lipinski definition) is 6. The van der Waals surface area contributed by atoms with Crippen molar-refractivity contribution in [3.8, 4) is 11.3 Å². The number of benzene rings is 1. The first kappa shape index (κ1) is 18.4. The van der Waals surface area contributed by atoms with E-state index in [1.54, 1.807) is 30.3 Å². The van der Waals surface area contributed by atoms with Gasteiger partial charge in [0.2, 0.25) is 0 Å². The van der Waals surface area contributed by atoms with E-state index in [1.807, 2.05) is 23.6 Å². The Morgan fingerprint density at radius 2 is 1.86 bits per heavy atom. The third-order valence-electron chi connectivity index (χ3n) is 3.69. The predicted octanol–water partition coefficient (Wildman–Crippen LogP) is 5.62. The minimum atomic E-state index is -0.372. The molecule has 0 bridgehead atoms. The van der Waals surface area contributed by atoms with Gasteiger partial charge in [0, 0.05) is 16.0 Å². The lowest BCUT2D eigenvalue weighted by Gasteiger charge is -2.00. The highest BCUT2D eigenvalue weighted by Gasteiger charge is 2.15. The number of thiazole rings is 1. The van der Waals surface area contributed by atoms with E-state index in [1.165, 1.54) is 17.6 Å². The number of carbonyl (C=O) groups is 2. The van der Waals surface area contributed by atoms with Gasteiger partial charge in [-0.15, -0.1) is 22.7 Å². The maximum atomic E-state index is 12.5. The molecule has 2 N–H and O–H groups in total. The zero-order chi connectivity index (χ0) is 19.5. The maximum absolute atomic E-state index is 12.5. The molecule has 0 saturated heterocycles. The van der Waals surface area contributed by atoms with Crippen molar-refractivity contribution in [2.45, 2.75) is 0 Å². The first-order valence-corrected chi connectivity index (χ1v) is 10.1. The normalized spacial score (nSPS) is 10.6. The summed E-state index contributed by atoms with van der Waals surface area (Å²) in [5.41, 5.74) is 1.50. The first-order chi connectivity index (χ1) is 13.6. The molecule has 2 amide bonds. The Morgan fingerprint density at radius 3 is 2.64 bits per heavy atom. The minimum Gasteiger partial charge on any atom is -0.459 e. The Kier molecular flexibility index (Phi) is 5.25. The smallest absolute Gasteiger partial charge is 0.291 e. The number of aromatic nitrogens is 1. The molecule has 0 spiro atoms. The zero-order valence-electron chi connectivity index (χ0n) is 14.1. The molecule has 0 aliphatic carbocycles. The molecule has 0 unspecified atom stereocenters. The summed E-state index contributed by atoms with van der Waals surface area (Å²) in [6.07, 6.45) is 1.42. The molecule has 4 aromatic rings. The number of furan rings is 1. The Morgan fingerprint density at radius 1 is 1.00 bits per heavy atom. The number of halogens is 1. The molecule has 3 aromatic heterocycles. The number of hydrogen-bond donors (Lipinski definition) is 2. The second kappa shape index (κ2) is 7.97. The van der Waals surface area contributed by atoms with Gasteiger partial charge in [0.15, 0.2) is 10.9 Å². The fourth-order valence-electron chi connectivity index (χ4n) is 2.39. The van der Waals surface area contributed by atoms with Crippen LogP contribution < -0.4 is 10.6 Å². The summed E-state index contributed by atoms with van der Waals surface area (Å²) in [4.78, 5) is 29.3. The van der Waals surface area contributed by atoms with E-state index in [2.05, 4.69) is 15.6 Å². The highest BCUT2D eigenvalue weighted by molar-refractivity contribution is 7.18. The van der Waals surface area contributed by atoms with Crippen LogP contribution in [-0.4, -0.2) is 16.8 Å². The van der Waals surface area contributed by atoms with Gasteiger partial charge in [-0.1, -0.05) is 29.8 Å². The molecule has 0 aliphatic heterocycles. The third-order valence-corrected chi connectivity index (χ3v) is 5.77. The highest BCUT2D eigenvalue weighted by Crippen LogP contribution is 2.31. The van der Waals surface area contributed by atoms with Gasteiger partial charge in [0.1, 0.15) is 0 Å².